The van der Waals surface area contributed by atoms with Gasteiger partial charge < -0.3 is 10.7 Å². The average molecular weight is 181 g/mol. The first-order chi connectivity index (χ1) is 5.95. The molecule has 0 fully saturated rings. The summed E-state index contributed by atoms with van der Waals surface area (Å²) in [5.41, 5.74) is 7.25. The van der Waals surface area contributed by atoms with Gasteiger partial charge in [0.05, 0.1) is 6.04 Å². The second kappa shape index (κ2) is 3.50. The molecule has 74 valence electrons. The van der Waals surface area contributed by atoms with Crippen molar-refractivity contribution in [3.05, 3.63) is 17.7 Å². The topological polar surface area (TPSA) is 54.7 Å². The van der Waals surface area contributed by atoms with Gasteiger partial charge in [-0.25, -0.2) is 4.98 Å². The van der Waals surface area contributed by atoms with E-state index in [1.54, 1.807) is 0 Å². The zero-order chi connectivity index (χ0) is 10.1. The number of rotatable bonds is 2. The van der Waals surface area contributed by atoms with Crippen LogP contribution in [0.2, 0.25) is 0 Å². The summed E-state index contributed by atoms with van der Waals surface area (Å²) < 4.78 is 0. The van der Waals surface area contributed by atoms with Crippen molar-refractivity contribution in [2.24, 2.45) is 11.1 Å². The molecule has 0 radical (unpaired) electrons. The summed E-state index contributed by atoms with van der Waals surface area (Å²) in [6.45, 7) is 8.45. The number of aromatic nitrogens is 2. The summed E-state index contributed by atoms with van der Waals surface area (Å²) in [6, 6.07) is -0.0206. The van der Waals surface area contributed by atoms with Gasteiger partial charge in [-0.15, -0.1) is 0 Å². The highest BCUT2D eigenvalue weighted by molar-refractivity contribution is 5.06. The molecule has 0 aliphatic carbocycles. The highest BCUT2D eigenvalue weighted by Gasteiger charge is 2.24. The van der Waals surface area contributed by atoms with Gasteiger partial charge in [-0.1, -0.05) is 27.7 Å². The number of hydrogen-bond donors (Lipinski definition) is 2. The fourth-order valence-corrected chi connectivity index (χ4v) is 1.12. The maximum atomic E-state index is 6.05. The van der Waals surface area contributed by atoms with Gasteiger partial charge in [-0.2, -0.15) is 0 Å². The van der Waals surface area contributed by atoms with Crippen LogP contribution in [-0.2, 0) is 6.42 Å². The largest absolute Gasteiger partial charge is 0.345 e. The van der Waals surface area contributed by atoms with Crippen LogP contribution in [0.15, 0.2) is 6.20 Å². The van der Waals surface area contributed by atoms with Gasteiger partial charge in [0.1, 0.15) is 5.82 Å². The van der Waals surface area contributed by atoms with E-state index in [0.717, 1.165) is 17.9 Å². The lowest BCUT2D eigenvalue weighted by atomic mass is 9.87. The number of nitrogens with zero attached hydrogens (tertiary/aromatic N) is 1. The monoisotopic (exact) mass is 181 g/mol. The van der Waals surface area contributed by atoms with Gasteiger partial charge in [0, 0.05) is 11.9 Å². The van der Waals surface area contributed by atoms with E-state index in [0.29, 0.717) is 0 Å². The number of aryl methyl sites for hydroxylation is 1. The maximum absolute atomic E-state index is 6.05. The number of aromatic amines is 1. The molecule has 0 saturated heterocycles. The van der Waals surface area contributed by atoms with Crippen LogP contribution in [0.5, 0.6) is 0 Å². The van der Waals surface area contributed by atoms with Crippen LogP contribution in [0.4, 0.5) is 0 Å². The lowest BCUT2D eigenvalue weighted by Gasteiger charge is -2.24. The van der Waals surface area contributed by atoms with Crippen molar-refractivity contribution >= 4 is 0 Å². The van der Waals surface area contributed by atoms with Crippen LogP contribution in [0, 0.1) is 5.41 Å². The highest BCUT2D eigenvalue weighted by Crippen LogP contribution is 2.28. The van der Waals surface area contributed by atoms with Gasteiger partial charge in [0.2, 0.25) is 0 Å². The zero-order valence-electron chi connectivity index (χ0n) is 8.89. The quantitative estimate of drug-likeness (QED) is 0.733. The van der Waals surface area contributed by atoms with E-state index in [-0.39, 0.29) is 11.5 Å². The summed E-state index contributed by atoms with van der Waals surface area (Å²) in [4.78, 5) is 7.51. The van der Waals surface area contributed by atoms with Crippen molar-refractivity contribution in [2.75, 3.05) is 0 Å². The van der Waals surface area contributed by atoms with Gasteiger partial charge in [-0.05, 0) is 11.8 Å². The van der Waals surface area contributed by atoms with Gasteiger partial charge in [0.15, 0.2) is 0 Å². The number of hydrogen-bond acceptors (Lipinski definition) is 2. The highest BCUT2D eigenvalue weighted by atomic mass is 15.0. The summed E-state index contributed by atoms with van der Waals surface area (Å²) >= 11 is 0. The van der Waals surface area contributed by atoms with E-state index in [1.165, 1.54) is 0 Å². The number of H-pyrrole nitrogens is 1. The van der Waals surface area contributed by atoms with E-state index in [1.807, 2.05) is 6.20 Å². The van der Waals surface area contributed by atoms with Gasteiger partial charge >= 0.3 is 0 Å². The Morgan fingerprint density at radius 2 is 2.15 bits per heavy atom. The van der Waals surface area contributed by atoms with Crippen molar-refractivity contribution in [3.8, 4) is 0 Å². The standard InChI is InChI=1S/C10H19N3/c1-5-7-6-12-9(13-7)8(11)10(2,3)4/h6,8H,5,11H2,1-4H3,(H,12,13). The summed E-state index contributed by atoms with van der Waals surface area (Å²) in [5.74, 6) is 0.893. The normalized spacial score (nSPS) is 14.5. The molecule has 0 amide bonds. The van der Waals surface area contributed by atoms with Crippen LogP contribution in [0.1, 0.15) is 45.3 Å². The molecule has 3 nitrogen and oxygen atoms in total. The minimum absolute atomic E-state index is 0.0206. The molecular formula is C10H19N3. The molecule has 1 aromatic heterocycles. The first-order valence-electron chi connectivity index (χ1n) is 4.74. The van der Waals surface area contributed by atoms with Crippen molar-refractivity contribution in [1.29, 1.82) is 0 Å². The molecule has 13 heavy (non-hydrogen) atoms. The molecule has 1 unspecified atom stereocenters. The number of nitrogens with two attached hydrogens (primary N) is 1. The Morgan fingerprint density at radius 3 is 2.54 bits per heavy atom. The molecule has 1 heterocycles. The van der Waals surface area contributed by atoms with Crippen LogP contribution < -0.4 is 5.73 Å². The van der Waals surface area contributed by atoms with E-state index in [2.05, 4.69) is 37.7 Å². The molecule has 0 bridgehead atoms. The predicted octanol–water partition coefficient (Wildman–Crippen LogP) is 2.02. The van der Waals surface area contributed by atoms with Crippen LogP contribution in [0.25, 0.3) is 0 Å². The Morgan fingerprint density at radius 1 is 1.54 bits per heavy atom. The lowest BCUT2D eigenvalue weighted by Crippen LogP contribution is -2.27. The molecular weight excluding hydrogens is 162 g/mol. The smallest absolute Gasteiger partial charge is 0.123 e. The Bertz CT molecular complexity index is 270. The van der Waals surface area contributed by atoms with Gasteiger partial charge in [-0.3, -0.25) is 0 Å². The SMILES string of the molecule is CCc1cnc(C(N)C(C)(C)C)[nH]1. The molecule has 0 aliphatic heterocycles. The minimum Gasteiger partial charge on any atom is -0.345 e. The molecule has 3 N–H and O–H groups in total. The van der Waals surface area contributed by atoms with E-state index >= 15 is 0 Å². The Kier molecular flexibility index (Phi) is 2.76. The molecule has 3 heteroatoms. The second-order valence-corrected chi connectivity index (χ2v) is 4.49. The van der Waals surface area contributed by atoms with Gasteiger partial charge in [0.25, 0.3) is 0 Å². The molecule has 0 spiro atoms. The molecule has 1 rings (SSSR count). The van der Waals surface area contributed by atoms with Crippen LogP contribution >= 0.6 is 0 Å². The van der Waals surface area contributed by atoms with Crippen molar-refractivity contribution in [3.63, 3.8) is 0 Å². The van der Waals surface area contributed by atoms with Crippen molar-refractivity contribution in [1.82, 2.24) is 9.97 Å². The van der Waals surface area contributed by atoms with E-state index in [4.69, 9.17) is 5.73 Å². The second-order valence-electron chi connectivity index (χ2n) is 4.49. The van der Waals surface area contributed by atoms with E-state index in [9.17, 15) is 0 Å². The van der Waals surface area contributed by atoms with Crippen molar-refractivity contribution in [2.45, 2.75) is 40.2 Å². The molecule has 0 saturated carbocycles. The van der Waals surface area contributed by atoms with Crippen LogP contribution in [0.3, 0.4) is 0 Å². The number of imidazole rings is 1. The van der Waals surface area contributed by atoms with Crippen LogP contribution in [-0.4, -0.2) is 9.97 Å². The minimum atomic E-state index is -0.0206. The molecule has 1 aromatic rings. The first kappa shape index (κ1) is 10.3. The van der Waals surface area contributed by atoms with Crippen molar-refractivity contribution < 1.29 is 0 Å². The molecule has 0 aliphatic rings. The predicted molar refractivity (Wildman–Crippen MR) is 54.3 cm³/mol. The van der Waals surface area contributed by atoms with E-state index < -0.39 is 0 Å². The summed E-state index contributed by atoms with van der Waals surface area (Å²) in [7, 11) is 0. The zero-order valence-corrected chi connectivity index (χ0v) is 8.89. The molecule has 1 atom stereocenters. The maximum Gasteiger partial charge on any atom is 0.123 e. The third-order valence-corrected chi connectivity index (χ3v) is 2.26. The lowest BCUT2D eigenvalue weighted by molar-refractivity contribution is 0.316. The average Bonchev–Trinajstić information content (AvgIpc) is 2.48. The third-order valence-electron chi connectivity index (χ3n) is 2.26. The fraction of sp³-hybridized carbons (Fsp3) is 0.700. The third kappa shape index (κ3) is 2.31. The summed E-state index contributed by atoms with van der Waals surface area (Å²) in [6.07, 6.45) is 2.84. The first-order valence-corrected chi connectivity index (χ1v) is 4.74. The Hall–Kier alpha value is -0.830. The Labute approximate surface area is 79.8 Å². The number of nitrogens with one attached hydrogen (secondary N) is 1. The Balaban J connectivity index is 2.83. The summed E-state index contributed by atoms with van der Waals surface area (Å²) in [5, 5.41) is 0. The molecule has 0 aromatic carbocycles. The fourth-order valence-electron chi connectivity index (χ4n) is 1.12.